The molecule has 5 N–H and O–H groups in total. The Morgan fingerprint density at radius 3 is 2.32 bits per heavy atom. The van der Waals surface area contributed by atoms with Gasteiger partial charge in [0.1, 0.15) is 36.1 Å². The number of likely N-dealkylation sites (N-methyl/N-ethyl adjacent to an activating group) is 1. The highest BCUT2D eigenvalue weighted by atomic mass is 16.7. The zero-order valence-corrected chi connectivity index (χ0v) is 38.8. The van der Waals surface area contributed by atoms with Crippen molar-refractivity contribution in [2.24, 2.45) is 17.8 Å². The van der Waals surface area contributed by atoms with Crippen molar-refractivity contribution in [3.05, 3.63) is 24.3 Å². The smallest absolute Gasteiger partial charge is 0.309 e. The fraction of sp³-hybridized carbons (Fsp3) is 0.844. The van der Waals surface area contributed by atoms with Crippen LogP contribution in [0, 0.1) is 17.8 Å². The Kier molecular flexibility index (Phi) is 22.4. The molecule has 0 spiro atoms. The molecular formula is C45H78N2O15. The maximum absolute atomic E-state index is 13.4. The molecule has 0 amide bonds. The summed E-state index contributed by atoms with van der Waals surface area (Å²) >= 11 is 0. The van der Waals surface area contributed by atoms with Gasteiger partial charge in [0, 0.05) is 39.9 Å². The summed E-state index contributed by atoms with van der Waals surface area (Å²) < 4.78 is 49.4. The second-order valence-corrected chi connectivity index (χ2v) is 18.2. The number of carbonyl (C=O) groups excluding carboxylic acids is 3. The number of hydrogen-bond donors (Lipinski definition) is 5. The molecule has 0 aromatic heterocycles. The minimum atomic E-state index is -1.49. The Bertz CT molecular complexity index is 1430. The number of carbonyl (C=O) groups is 3. The minimum absolute atomic E-state index is 0.0170. The summed E-state index contributed by atoms with van der Waals surface area (Å²) in [5.41, 5.74) is -1.49. The van der Waals surface area contributed by atoms with E-state index in [4.69, 9.17) is 37.9 Å². The van der Waals surface area contributed by atoms with Crippen molar-refractivity contribution < 1.29 is 72.7 Å². The van der Waals surface area contributed by atoms with E-state index >= 15 is 0 Å². The fourth-order valence-electron chi connectivity index (χ4n) is 8.62. The fourth-order valence-corrected chi connectivity index (χ4v) is 8.62. The monoisotopic (exact) mass is 887 g/mol. The molecular weight excluding hydrogens is 808 g/mol. The van der Waals surface area contributed by atoms with Crippen LogP contribution < -0.4 is 5.32 Å². The average Bonchev–Trinajstić information content (AvgIpc) is 3.15. The predicted molar refractivity (Wildman–Crippen MR) is 228 cm³/mol. The van der Waals surface area contributed by atoms with E-state index in [-0.39, 0.29) is 37.7 Å². The summed E-state index contributed by atoms with van der Waals surface area (Å²) in [6, 6.07) is -0.750. The molecule has 16 atom stereocenters. The van der Waals surface area contributed by atoms with Crippen LogP contribution in [0.4, 0.5) is 0 Å². The first kappa shape index (κ1) is 53.8. The van der Waals surface area contributed by atoms with Crippen molar-refractivity contribution in [3.63, 3.8) is 0 Å². The van der Waals surface area contributed by atoms with Gasteiger partial charge in [-0.1, -0.05) is 45.1 Å². The van der Waals surface area contributed by atoms with Crippen LogP contribution >= 0.6 is 0 Å². The molecule has 3 aliphatic heterocycles. The van der Waals surface area contributed by atoms with Gasteiger partial charge in [-0.25, -0.2) is 0 Å². The molecule has 62 heavy (non-hydrogen) atoms. The molecule has 0 aliphatic carbocycles. The highest BCUT2D eigenvalue weighted by Gasteiger charge is 2.53. The van der Waals surface area contributed by atoms with Crippen molar-refractivity contribution in [3.8, 4) is 0 Å². The number of hydrogen-bond acceptors (Lipinski definition) is 17. The first-order valence-electron chi connectivity index (χ1n) is 22.3. The summed E-state index contributed by atoms with van der Waals surface area (Å²) in [6.45, 7) is 14.8. The lowest BCUT2D eigenvalue weighted by atomic mass is 9.82. The lowest BCUT2D eigenvalue weighted by Crippen LogP contribution is -2.66. The van der Waals surface area contributed by atoms with Crippen molar-refractivity contribution in [1.82, 2.24) is 10.2 Å². The zero-order valence-electron chi connectivity index (χ0n) is 38.8. The van der Waals surface area contributed by atoms with Crippen LogP contribution in [0.25, 0.3) is 0 Å². The second kappa shape index (κ2) is 25.8. The molecule has 0 radical (unpaired) electrons. The third-order valence-electron chi connectivity index (χ3n) is 11.7. The summed E-state index contributed by atoms with van der Waals surface area (Å²) in [6.07, 6.45) is -2.74. The van der Waals surface area contributed by atoms with Gasteiger partial charge in [0.2, 0.25) is 0 Å². The maximum atomic E-state index is 13.4. The summed E-state index contributed by atoms with van der Waals surface area (Å²) in [7, 11) is 4.99. The van der Waals surface area contributed by atoms with Crippen LogP contribution in [0.3, 0.4) is 0 Å². The molecule has 17 heteroatoms. The van der Waals surface area contributed by atoms with Crippen LogP contribution in [-0.4, -0.2) is 169 Å². The first-order chi connectivity index (χ1) is 29.2. The number of aliphatic hydroxyl groups excluding tert-OH is 3. The van der Waals surface area contributed by atoms with Crippen LogP contribution in [-0.2, 0) is 52.3 Å². The van der Waals surface area contributed by atoms with Crippen LogP contribution in [0.2, 0.25) is 0 Å². The SMILES string of the molecule is CO[C@@H]1[C@@H](O[C@@H]2O[C@H](C)[C@@H](O[C@H]3C[C@@](C)(O)[C@@H](OC(=O)CC(C)C)[C@H](C)O3)[C@H](N(C)C)[C@H]2O)[C@@H](CCNCCCO)C[C@@H](C)[C@@H](O)/C=C/C=C/C[C@@H](C)OC(=O)C[C@H]1OC(C)=O. The van der Waals surface area contributed by atoms with Crippen LogP contribution in [0.15, 0.2) is 24.3 Å². The molecule has 17 nitrogen and oxygen atoms in total. The van der Waals surface area contributed by atoms with E-state index in [0.29, 0.717) is 38.8 Å². The molecule has 358 valence electrons. The van der Waals surface area contributed by atoms with Crippen LogP contribution in [0.5, 0.6) is 0 Å². The van der Waals surface area contributed by atoms with Crippen molar-refractivity contribution in [1.29, 1.82) is 0 Å². The third kappa shape index (κ3) is 16.5. The Labute approximate surface area is 368 Å². The van der Waals surface area contributed by atoms with Gasteiger partial charge in [0.25, 0.3) is 0 Å². The maximum Gasteiger partial charge on any atom is 0.309 e. The largest absolute Gasteiger partial charge is 0.462 e. The molecule has 3 aliphatic rings. The number of nitrogens with zero attached hydrogens (tertiary/aromatic N) is 1. The molecule has 0 aromatic rings. The summed E-state index contributed by atoms with van der Waals surface area (Å²) in [5.74, 6) is -2.38. The van der Waals surface area contributed by atoms with E-state index in [1.54, 1.807) is 64.9 Å². The van der Waals surface area contributed by atoms with E-state index in [9.17, 15) is 34.8 Å². The number of nitrogens with one attached hydrogen (secondary N) is 1. The third-order valence-corrected chi connectivity index (χ3v) is 11.7. The molecule has 3 rings (SSSR count). The minimum Gasteiger partial charge on any atom is -0.462 e. The number of methoxy groups -OCH3 is 1. The second-order valence-electron chi connectivity index (χ2n) is 18.2. The highest BCUT2D eigenvalue weighted by molar-refractivity contribution is 5.72. The average molecular weight is 887 g/mol. The molecule has 3 heterocycles. The topological polar surface area (TPSA) is 221 Å². The van der Waals surface area contributed by atoms with Crippen molar-refractivity contribution >= 4 is 17.9 Å². The van der Waals surface area contributed by atoms with Gasteiger partial charge in [-0.05, 0) is 91.9 Å². The number of aliphatic hydroxyl groups is 4. The number of esters is 3. The van der Waals surface area contributed by atoms with Gasteiger partial charge in [-0.15, -0.1) is 0 Å². The van der Waals surface area contributed by atoms with Crippen LogP contribution in [0.1, 0.15) is 100 Å². The van der Waals surface area contributed by atoms with Gasteiger partial charge in [-0.2, -0.15) is 0 Å². The molecule has 0 aromatic carbocycles. The van der Waals surface area contributed by atoms with Gasteiger partial charge >= 0.3 is 17.9 Å². The van der Waals surface area contributed by atoms with E-state index < -0.39 is 109 Å². The standard InChI is InChI=1S/C45H78N2O15/c1-26(2)22-35(51)60-43-30(6)57-37(25-45(43,8)54)61-40-29(5)58-44(39(53)38(40)47(9)10)62-41-32(18-20-46-19-15-21-48)23-27(3)33(50)17-14-12-13-16-28(4)56-36(52)24-34(42(41)55-11)59-31(7)49/h12-14,17,26-30,32-34,37-44,46,48,50,53-54H,15-16,18-25H2,1-11H3/b13-12+,17-14+/t27-,28-,29-,30+,32+,33+,34-,37+,38-,39-,40-,41+,42+,43+,44+,45-/m1/s1. The molecule has 0 unspecified atom stereocenters. The number of rotatable bonds is 16. The van der Waals surface area contributed by atoms with E-state index in [0.717, 1.165) is 0 Å². The van der Waals surface area contributed by atoms with Crippen molar-refractivity contribution in [2.75, 3.05) is 40.9 Å². The summed E-state index contributed by atoms with van der Waals surface area (Å²) in [5, 5.41) is 47.8. The van der Waals surface area contributed by atoms with E-state index in [2.05, 4.69) is 5.32 Å². The quantitative estimate of drug-likeness (QED) is 0.0855. The van der Waals surface area contributed by atoms with Gasteiger partial charge in [-0.3, -0.25) is 14.4 Å². The number of allylic oxidation sites excluding steroid dienone is 2. The Hall–Kier alpha value is -2.55. The molecule has 0 saturated carbocycles. The molecule has 2 fully saturated rings. The van der Waals surface area contributed by atoms with Gasteiger partial charge in [0.05, 0.1) is 36.9 Å². The number of ether oxygens (including phenoxy) is 8. The van der Waals surface area contributed by atoms with Gasteiger partial charge < -0.3 is 68.5 Å². The predicted octanol–water partition coefficient (Wildman–Crippen LogP) is 2.79. The Morgan fingerprint density at radius 1 is 1.00 bits per heavy atom. The summed E-state index contributed by atoms with van der Waals surface area (Å²) in [4.78, 5) is 40.4. The first-order valence-corrected chi connectivity index (χ1v) is 22.3. The zero-order chi connectivity index (χ0) is 46.3. The van der Waals surface area contributed by atoms with Gasteiger partial charge in [0.15, 0.2) is 18.7 Å². The number of cyclic esters (lactones) is 1. The Morgan fingerprint density at radius 2 is 1.71 bits per heavy atom. The lowest BCUT2D eigenvalue weighted by Gasteiger charge is -2.50. The van der Waals surface area contributed by atoms with E-state index in [1.165, 1.54) is 14.0 Å². The molecule has 0 bridgehead atoms. The molecule has 2 saturated heterocycles. The highest BCUT2D eigenvalue weighted by Crippen LogP contribution is 2.38. The van der Waals surface area contributed by atoms with E-state index in [1.807, 2.05) is 26.8 Å². The van der Waals surface area contributed by atoms with Crippen molar-refractivity contribution in [2.45, 2.75) is 186 Å². The Balaban J connectivity index is 2.02. The lowest BCUT2D eigenvalue weighted by molar-refractivity contribution is -0.344. The normalized spacial score (nSPS) is 38.9.